The molecule has 2 amide bonds. The summed E-state index contributed by atoms with van der Waals surface area (Å²) in [5.41, 5.74) is 0. The van der Waals surface area contributed by atoms with E-state index in [1.165, 1.54) is 0 Å². The number of carbonyl (C=O) groups is 2. The van der Waals surface area contributed by atoms with Crippen molar-refractivity contribution >= 4 is 12.0 Å². The minimum absolute atomic E-state index is 0.0764. The number of hydrogen-bond acceptors (Lipinski definition) is 3. The lowest BCUT2D eigenvalue weighted by molar-refractivity contribution is -0.137. The molecule has 0 aromatic rings. The Morgan fingerprint density at radius 1 is 1.35 bits per heavy atom. The molecular weight excluding hydrogens is 224 g/mol. The molecule has 0 saturated heterocycles. The average Bonchev–Trinajstić information content (AvgIpc) is 2.21. The predicted molar refractivity (Wildman–Crippen MR) is 64.0 cm³/mol. The number of nitrogens with one attached hydrogen (secondary N) is 2. The van der Waals surface area contributed by atoms with Crippen LogP contribution in [0.1, 0.15) is 33.1 Å². The number of rotatable bonds is 9. The molecule has 0 radical (unpaired) electrons. The van der Waals surface area contributed by atoms with E-state index >= 15 is 0 Å². The van der Waals surface area contributed by atoms with Crippen LogP contribution in [0.5, 0.6) is 0 Å². The Morgan fingerprint density at radius 2 is 2.06 bits per heavy atom. The Bertz CT molecular complexity index is 234. The zero-order valence-electron chi connectivity index (χ0n) is 10.5. The smallest absolute Gasteiger partial charge is 0.315 e. The van der Waals surface area contributed by atoms with Crippen molar-refractivity contribution in [2.45, 2.75) is 39.2 Å². The Hall–Kier alpha value is -1.30. The number of ether oxygens (including phenoxy) is 1. The van der Waals surface area contributed by atoms with Crippen LogP contribution < -0.4 is 10.6 Å². The standard InChI is InChI=1S/C11H22N2O4/c1-3-6-17-7-4-5-12-11(16)13-9(2)8-10(14)15/h9H,3-8H2,1-2H3,(H,14,15)(H2,12,13,16). The minimum Gasteiger partial charge on any atom is -0.481 e. The van der Waals surface area contributed by atoms with Crippen LogP contribution in [-0.4, -0.2) is 42.9 Å². The molecule has 3 N–H and O–H groups in total. The summed E-state index contributed by atoms with van der Waals surface area (Å²) in [6.45, 7) is 5.57. The minimum atomic E-state index is -0.925. The highest BCUT2D eigenvalue weighted by Crippen LogP contribution is 1.90. The number of carbonyl (C=O) groups excluding carboxylic acids is 1. The van der Waals surface area contributed by atoms with Gasteiger partial charge >= 0.3 is 12.0 Å². The monoisotopic (exact) mass is 246 g/mol. The van der Waals surface area contributed by atoms with E-state index < -0.39 is 5.97 Å². The van der Waals surface area contributed by atoms with Gasteiger partial charge in [-0.15, -0.1) is 0 Å². The summed E-state index contributed by atoms with van der Waals surface area (Å²) in [6, 6.07) is -0.710. The molecule has 0 aromatic heterocycles. The average molecular weight is 246 g/mol. The van der Waals surface area contributed by atoms with Gasteiger partial charge in [-0.25, -0.2) is 4.79 Å². The second-order valence-electron chi connectivity index (χ2n) is 3.87. The van der Waals surface area contributed by atoms with E-state index in [0.717, 1.165) is 19.4 Å². The van der Waals surface area contributed by atoms with Crippen LogP contribution in [0.15, 0.2) is 0 Å². The van der Waals surface area contributed by atoms with E-state index in [4.69, 9.17) is 9.84 Å². The molecule has 0 aliphatic carbocycles. The molecule has 0 spiro atoms. The maximum atomic E-state index is 11.3. The lowest BCUT2D eigenvalue weighted by Crippen LogP contribution is -2.42. The van der Waals surface area contributed by atoms with Gasteiger partial charge in [-0.05, 0) is 19.8 Å². The topological polar surface area (TPSA) is 87.7 Å². The van der Waals surface area contributed by atoms with E-state index in [1.807, 2.05) is 6.92 Å². The first kappa shape index (κ1) is 15.7. The van der Waals surface area contributed by atoms with Crippen molar-refractivity contribution in [2.75, 3.05) is 19.8 Å². The second kappa shape index (κ2) is 9.89. The first-order chi connectivity index (χ1) is 8.06. The third-order valence-corrected chi connectivity index (χ3v) is 1.96. The van der Waals surface area contributed by atoms with Crippen LogP contribution in [0.3, 0.4) is 0 Å². The van der Waals surface area contributed by atoms with Gasteiger partial charge in [-0.1, -0.05) is 6.92 Å². The van der Waals surface area contributed by atoms with Gasteiger partial charge in [0.1, 0.15) is 0 Å². The highest BCUT2D eigenvalue weighted by atomic mass is 16.5. The van der Waals surface area contributed by atoms with Crippen LogP contribution in [0, 0.1) is 0 Å². The molecule has 1 atom stereocenters. The second-order valence-corrected chi connectivity index (χ2v) is 3.87. The summed E-state index contributed by atoms with van der Waals surface area (Å²) < 4.78 is 5.25. The van der Waals surface area contributed by atoms with Gasteiger partial charge in [-0.3, -0.25) is 4.79 Å². The number of aliphatic carboxylic acids is 1. The normalized spacial score (nSPS) is 11.9. The SMILES string of the molecule is CCCOCCCNC(=O)NC(C)CC(=O)O. The Kier molecular flexibility index (Phi) is 9.14. The molecular formula is C11H22N2O4. The largest absolute Gasteiger partial charge is 0.481 e. The lowest BCUT2D eigenvalue weighted by Gasteiger charge is -2.12. The molecule has 100 valence electrons. The quantitative estimate of drug-likeness (QED) is 0.529. The highest BCUT2D eigenvalue weighted by molar-refractivity contribution is 5.75. The summed E-state index contributed by atoms with van der Waals surface area (Å²) in [6.07, 6.45) is 1.66. The molecule has 0 aromatic carbocycles. The molecule has 0 bridgehead atoms. The summed E-state index contributed by atoms with van der Waals surface area (Å²) in [7, 11) is 0. The Morgan fingerprint density at radius 3 is 2.65 bits per heavy atom. The van der Waals surface area contributed by atoms with Crippen molar-refractivity contribution in [2.24, 2.45) is 0 Å². The van der Waals surface area contributed by atoms with Crippen molar-refractivity contribution in [1.82, 2.24) is 10.6 Å². The van der Waals surface area contributed by atoms with Gasteiger partial charge in [0.25, 0.3) is 0 Å². The van der Waals surface area contributed by atoms with E-state index in [0.29, 0.717) is 13.2 Å². The van der Waals surface area contributed by atoms with Crippen molar-refractivity contribution in [1.29, 1.82) is 0 Å². The summed E-state index contributed by atoms with van der Waals surface area (Å²) in [4.78, 5) is 21.6. The van der Waals surface area contributed by atoms with Crippen LogP contribution >= 0.6 is 0 Å². The molecule has 0 aliphatic rings. The molecule has 0 saturated carbocycles. The fourth-order valence-corrected chi connectivity index (χ4v) is 1.21. The molecule has 0 aliphatic heterocycles. The number of hydrogen-bond donors (Lipinski definition) is 3. The molecule has 6 heteroatoms. The van der Waals surface area contributed by atoms with Gasteiger partial charge in [-0.2, -0.15) is 0 Å². The number of carboxylic acids is 1. The van der Waals surface area contributed by atoms with Crippen molar-refractivity contribution < 1.29 is 19.4 Å². The van der Waals surface area contributed by atoms with Gasteiger partial charge in [0.2, 0.25) is 0 Å². The molecule has 0 heterocycles. The van der Waals surface area contributed by atoms with Crippen LogP contribution in [0.25, 0.3) is 0 Å². The first-order valence-corrected chi connectivity index (χ1v) is 5.90. The van der Waals surface area contributed by atoms with Crippen LogP contribution in [-0.2, 0) is 9.53 Å². The van der Waals surface area contributed by atoms with Gasteiger partial charge in [0.05, 0.1) is 6.42 Å². The van der Waals surface area contributed by atoms with Crippen LogP contribution in [0.4, 0.5) is 4.79 Å². The summed E-state index contributed by atoms with van der Waals surface area (Å²) in [5, 5.41) is 13.7. The van der Waals surface area contributed by atoms with Crippen molar-refractivity contribution in [3.63, 3.8) is 0 Å². The third-order valence-electron chi connectivity index (χ3n) is 1.96. The van der Waals surface area contributed by atoms with Crippen molar-refractivity contribution in [3.8, 4) is 0 Å². The number of carboxylic acid groups (broad SMARTS) is 1. The molecule has 0 fully saturated rings. The molecule has 17 heavy (non-hydrogen) atoms. The fourth-order valence-electron chi connectivity index (χ4n) is 1.21. The third kappa shape index (κ3) is 11.0. The maximum absolute atomic E-state index is 11.3. The predicted octanol–water partition coefficient (Wildman–Crippen LogP) is 0.965. The first-order valence-electron chi connectivity index (χ1n) is 5.90. The number of urea groups is 1. The van der Waals surface area contributed by atoms with E-state index in [9.17, 15) is 9.59 Å². The van der Waals surface area contributed by atoms with Crippen LogP contribution in [0.2, 0.25) is 0 Å². The summed E-state index contributed by atoms with van der Waals surface area (Å²) >= 11 is 0. The lowest BCUT2D eigenvalue weighted by atomic mass is 10.2. The number of amides is 2. The van der Waals surface area contributed by atoms with E-state index in [-0.39, 0.29) is 18.5 Å². The highest BCUT2D eigenvalue weighted by Gasteiger charge is 2.09. The zero-order chi connectivity index (χ0) is 13.1. The van der Waals surface area contributed by atoms with E-state index in [2.05, 4.69) is 10.6 Å². The van der Waals surface area contributed by atoms with Gasteiger partial charge < -0.3 is 20.5 Å². The van der Waals surface area contributed by atoms with Gasteiger partial charge in [0.15, 0.2) is 0 Å². The van der Waals surface area contributed by atoms with Gasteiger partial charge in [0, 0.05) is 25.8 Å². The molecule has 1 unspecified atom stereocenters. The fraction of sp³-hybridized carbons (Fsp3) is 0.818. The maximum Gasteiger partial charge on any atom is 0.315 e. The molecule has 0 rings (SSSR count). The summed E-state index contributed by atoms with van der Waals surface area (Å²) in [5.74, 6) is -0.925. The Balaban J connectivity index is 3.43. The molecule has 6 nitrogen and oxygen atoms in total. The van der Waals surface area contributed by atoms with Crippen molar-refractivity contribution in [3.05, 3.63) is 0 Å². The van der Waals surface area contributed by atoms with E-state index in [1.54, 1.807) is 6.92 Å². The zero-order valence-corrected chi connectivity index (χ0v) is 10.5. The Labute approximate surface area is 102 Å².